The van der Waals surface area contributed by atoms with E-state index in [9.17, 15) is 9.59 Å². The summed E-state index contributed by atoms with van der Waals surface area (Å²) < 4.78 is 0. The summed E-state index contributed by atoms with van der Waals surface area (Å²) in [6, 6.07) is 6.36. The summed E-state index contributed by atoms with van der Waals surface area (Å²) >= 11 is 1.49. The molecule has 0 spiro atoms. The quantitative estimate of drug-likeness (QED) is 0.780. The molecule has 0 heterocycles. The predicted octanol–water partition coefficient (Wildman–Crippen LogP) is 1.86. The first-order valence-corrected chi connectivity index (χ1v) is 7.37. The van der Waals surface area contributed by atoms with Gasteiger partial charge in [-0.2, -0.15) is 0 Å². The number of rotatable bonds is 6. The molecular weight excluding hydrogens is 262 g/mol. The predicted molar refractivity (Wildman–Crippen MR) is 74.5 cm³/mol. The van der Waals surface area contributed by atoms with E-state index in [1.165, 1.54) is 29.3 Å². The molecule has 0 saturated carbocycles. The number of hydrogen-bond acceptors (Lipinski definition) is 3. The minimum Gasteiger partial charge on any atom is -0.481 e. The first-order valence-electron chi connectivity index (χ1n) is 6.38. The zero-order valence-electron chi connectivity index (χ0n) is 10.6. The van der Waals surface area contributed by atoms with Crippen molar-refractivity contribution in [1.29, 1.82) is 0 Å². The second-order valence-electron chi connectivity index (χ2n) is 4.57. The van der Waals surface area contributed by atoms with E-state index in [0.29, 0.717) is 5.75 Å². The molecule has 1 aliphatic carbocycles. The van der Waals surface area contributed by atoms with E-state index >= 15 is 0 Å². The summed E-state index contributed by atoms with van der Waals surface area (Å²) in [6.45, 7) is 0.193. The smallest absolute Gasteiger partial charge is 0.305 e. The Kier molecular flexibility index (Phi) is 4.85. The molecule has 1 aromatic rings. The Morgan fingerprint density at radius 2 is 2.05 bits per heavy atom. The third-order valence-electron chi connectivity index (χ3n) is 3.10. The van der Waals surface area contributed by atoms with Crippen molar-refractivity contribution in [2.45, 2.75) is 30.6 Å². The average Bonchev–Trinajstić information content (AvgIpc) is 2.83. The van der Waals surface area contributed by atoms with Crippen LogP contribution in [0.25, 0.3) is 0 Å². The number of carbonyl (C=O) groups is 2. The van der Waals surface area contributed by atoms with Crippen molar-refractivity contribution in [1.82, 2.24) is 5.32 Å². The number of carbonyl (C=O) groups excluding carboxylic acids is 1. The molecule has 0 aromatic heterocycles. The molecule has 2 rings (SSSR count). The number of amides is 1. The number of carboxylic acid groups (broad SMARTS) is 1. The lowest BCUT2D eigenvalue weighted by Crippen LogP contribution is -2.27. The van der Waals surface area contributed by atoms with Crippen LogP contribution in [0.4, 0.5) is 0 Å². The molecule has 0 atom stereocenters. The summed E-state index contributed by atoms with van der Waals surface area (Å²) in [5.41, 5.74) is 2.83. The lowest BCUT2D eigenvalue weighted by atomic mass is 10.1. The molecule has 1 amide bonds. The summed E-state index contributed by atoms with van der Waals surface area (Å²) in [7, 11) is 0. The van der Waals surface area contributed by atoms with Crippen molar-refractivity contribution in [2.75, 3.05) is 12.3 Å². The molecule has 4 nitrogen and oxygen atoms in total. The molecule has 1 aromatic carbocycles. The Bertz CT molecular complexity index is 488. The average molecular weight is 279 g/mol. The van der Waals surface area contributed by atoms with Gasteiger partial charge in [-0.05, 0) is 42.5 Å². The molecule has 0 unspecified atom stereocenters. The fourth-order valence-electron chi connectivity index (χ4n) is 2.15. The third kappa shape index (κ3) is 4.28. The van der Waals surface area contributed by atoms with Crippen molar-refractivity contribution in [2.24, 2.45) is 0 Å². The Labute approximate surface area is 116 Å². The van der Waals surface area contributed by atoms with Crippen LogP contribution < -0.4 is 5.32 Å². The number of benzene rings is 1. The molecule has 1 aliphatic rings. The van der Waals surface area contributed by atoms with Crippen molar-refractivity contribution in [3.05, 3.63) is 29.3 Å². The second kappa shape index (κ2) is 6.61. The Morgan fingerprint density at radius 3 is 2.84 bits per heavy atom. The number of carboxylic acids is 1. The van der Waals surface area contributed by atoms with Crippen molar-refractivity contribution in [3.63, 3.8) is 0 Å². The van der Waals surface area contributed by atoms with E-state index in [1.807, 2.05) is 0 Å². The fraction of sp³-hybridized carbons (Fsp3) is 0.429. The maximum absolute atomic E-state index is 11.5. The monoisotopic (exact) mass is 279 g/mol. The van der Waals surface area contributed by atoms with E-state index in [-0.39, 0.29) is 18.9 Å². The van der Waals surface area contributed by atoms with Gasteiger partial charge in [-0.1, -0.05) is 6.07 Å². The summed E-state index contributed by atoms with van der Waals surface area (Å²) in [5, 5.41) is 11.1. The molecule has 0 aliphatic heterocycles. The summed E-state index contributed by atoms with van der Waals surface area (Å²) in [4.78, 5) is 22.9. The number of fused-ring (bicyclic) bond motifs is 1. The van der Waals surface area contributed by atoms with E-state index in [2.05, 4.69) is 23.5 Å². The lowest BCUT2D eigenvalue weighted by molar-refractivity contribution is -0.136. The molecule has 0 saturated heterocycles. The molecule has 2 N–H and O–H groups in total. The highest BCUT2D eigenvalue weighted by molar-refractivity contribution is 8.00. The highest BCUT2D eigenvalue weighted by Gasteiger charge is 2.11. The minimum atomic E-state index is -0.897. The van der Waals surface area contributed by atoms with Crippen LogP contribution in [-0.2, 0) is 22.4 Å². The van der Waals surface area contributed by atoms with Gasteiger partial charge in [-0.15, -0.1) is 11.8 Å². The SMILES string of the molecule is O=C(O)CCNC(=O)CSc1ccc2c(c1)CCC2. The van der Waals surface area contributed by atoms with Crippen LogP contribution in [0.2, 0.25) is 0 Å². The van der Waals surface area contributed by atoms with Crippen molar-refractivity contribution < 1.29 is 14.7 Å². The number of aryl methyl sites for hydroxylation is 2. The van der Waals surface area contributed by atoms with Gasteiger partial charge in [0.05, 0.1) is 12.2 Å². The van der Waals surface area contributed by atoms with Crippen LogP contribution in [-0.4, -0.2) is 29.3 Å². The molecule has 19 heavy (non-hydrogen) atoms. The highest BCUT2D eigenvalue weighted by atomic mass is 32.2. The first kappa shape index (κ1) is 13.9. The van der Waals surface area contributed by atoms with Gasteiger partial charge in [0.15, 0.2) is 0 Å². The number of aliphatic carboxylic acids is 1. The zero-order chi connectivity index (χ0) is 13.7. The largest absolute Gasteiger partial charge is 0.481 e. The second-order valence-corrected chi connectivity index (χ2v) is 5.62. The first-order chi connectivity index (χ1) is 9.15. The van der Waals surface area contributed by atoms with Gasteiger partial charge in [0.2, 0.25) is 5.91 Å². The molecule has 0 fully saturated rings. The normalized spacial score (nSPS) is 13.1. The van der Waals surface area contributed by atoms with Crippen molar-refractivity contribution >= 4 is 23.6 Å². The van der Waals surface area contributed by atoms with Crippen LogP contribution in [0.5, 0.6) is 0 Å². The van der Waals surface area contributed by atoms with E-state index < -0.39 is 5.97 Å². The lowest BCUT2D eigenvalue weighted by Gasteiger charge is -2.05. The third-order valence-corrected chi connectivity index (χ3v) is 4.09. The van der Waals surface area contributed by atoms with Gasteiger partial charge in [-0.3, -0.25) is 9.59 Å². The van der Waals surface area contributed by atoms with Crippen LogP contribution >= 0.6 is 11.8 Å². The van der Waals surface area contributed by atoms with Gasteiger partial charge >= 0.3 is 5.97 Å². The van der Waals surface area contributed by atoms with Gasteiger partial charge in [0.25, 0.3) is 0 Å². The Hall–Kier alpha value is -1.49. The van der Waals surface area contributed by atoms with Gasteiger partial charge in [0, 0.05) is 11.4 Å². The topological polar surface area (TPSA) is 66.4 Å². The molecule has 0 bridgehead atoms. The maximum atomic E-state index is 11.5. The molecule has 102 valence electrons. The number of hydrogen-bond donors (Lipinski definition) is 2. The van der Waals surface area contributed by atoms with E-state index in [1.54, 1.807) is 0 Å². The maximum Gasteiger partial charge on any atom is 0.305 e. The van der Waals surface area contributed by atoms with Crippen LogP contribution in [0.15, 0.2) is 23.1 Å². The summed E-state index contributed by atoms with van der Waals surface area (Å²) in [5.74, 6) is -0.684. The zero-order valence-corrected chi connectivity index (χ0v) is 11.5. The highest BCUT2D eigenvalue weighted by Crippen LogP contribution is 2.27. The fourth-order valence-corrected chi connectivity index (χ4v) is 2.94. The van der Waals surface area contributed by atoms with Gasteiger partial charge in [0.1, 0.15) is 0 Å². The van der Waals surface area contributed by atoms with Crippen molar-refractivity contribution in [3.8, 4) is 0 Å². The van der Waals surface area contributed by atoms with Crippen LogP contribution in [0, 0.1) is 0 Å². The van der Waals surface area contributed by atoms with E-state index in [0.717, 1.165) is 17.7 Å². The molecular formula is C14H17NO3S. The number of nitrogens with one attached hydrogen (secondary N) is 1. The molecule has 5 heteroatoms. The Morgan fingerprint density at radius 1 is 1.26 bits per heavy atom. The molecule has 0 radical (unpaired) electrons. The van der Waals surface area contributed by atoms with Crippen LogP contribution in [0.1, 0.15) is 24.0 Å². The van der Waals surface area contributed by atoms with Gasteiger partial charge in [-0.25, -0.2) is 0 Å². The van der Waals surface area contributed by atoms with Crippen LogP contribution in [0.3, 0.4) is 0 Å². The minimum absolute atomic E-state index is 0.0325. The Balaban J connectivity index is 1.76. The van der Waals surface area contributed by atoms with E-state index in [4.69, 9.17) is 5.11 Å². The standard InChI is InChI=1S/C14H17NO3S/c16-13(15-7-6-14(17)18)9-19-12-5-4-10-2-1-3-11(10)8-12/h4-5,8H,1-3,6-7,9H2,(H,15,16)(H,17,18). The number of thioether (sulfide) groups is 1. The summed E-state index contributed by atoms with van der Waals surface area (Å²) in [6.07, 6.45) is 3.48. The van der Waals surface area contributed by atoms with Gasteiger partial charge < -0.3 is 10.4 Å².